The number of aryl methyl sites for hydroxylation is 1. The Morgan fingerprint density at radius 3 is 2.59 bits per heavy atom. The molecular formula is C23H24FN3O2. The van der Waals surface area contributed by atoms with Crippen LogP contribution in [-0.4, -0.2) is 54.0 Å². The number of hydrogen-bond donors (Lipinski definition) is 0. The molecule has 0 saturated carbocycles. The van der Waals surface area contributed by atoms with Crippen molar-refractivity contribution in [2.75, 3.05) is 33.3 Å². The highest BCUT2D eigenvalue weighted by molar-refractivity contribution is 5.98. The topological polar surface area (TPSA) is 45.7 Å². The monoisotopic (exact) mass is 393 g/mol. The lowest BCUT2D eigenvalue weighted by molar-refractivity contribution is 0.0626. The van der Waals surface area contributed by atoms with Crippen molar-refractivity contribution in [2.24, 2.45) is 0 Å². The molecule has 5 nitrogen and oxygen atoms in total. The van der Waals surface area contributed by atoms with Crippen molar-refractivity contribution in [3.63, 3.8) is 0 Å². The first-order valence-electron chi connectivity index (χ1n) is 9.75. The summed E-state index contributed by atoms with van der Waals surface area (Å²) in [6.45, 7) is 5.10. The molecule has 1 amide bonds. The van der Waals surface area contributed by atoms with Gasteiger partial charge in [-0.1, -0.05) is 18.2 Å². The molecule has 0 aliphatic carbocycles. The Balaban J connectivity index is 1.45. The van der Waals surface area contributed by atoms with Crippen LogP contribution in [-0.2, 0) is 6.54 Å². The molecule has 1 saturated heterocycles. The summed E-state index contributed by atoms with van der Waals surface area (Å²) in [7, 11) is 1.62. The maximum atomic E-state index is 13.9. The SMILES string of the molecule is COc1ccc2cc(C(=O)N3CCN(Cc4ccccc4F)CC3)c(C)nc2c1. The Bertz CT molecular complexity index is 1050. The summed E-state index contributed by atoms with van der Waals surface area (Å²) in [5, 5.41) is 0.915. The molecule has 0 atom stereocenters. The number of methoxy groups -OCH3 is 1. The average molecular weight is 393 g/mol. The largest absolute Gasteiger partial charge is 0.497 e. The molecule has 150 valence electrons. The van der Waals surface area contributed by atoms with Crippen LogP contribution in [0.15, 0.2) is 48.5 Å². The van der Waals surface area contributed by atoms with E-state index in [1.54, 1.807) is 13.2 Å². The van der Waals surface area contributed by atoms with Crippen molar-refractivity contribution < 1.29 is 13.9 Å². The fourth-order valence-corrected chi connectivity index (χ4v) is 3.73. The molecule has 4 rings (SSSR count). The quantitative estimate of drug-likeness (QED) is 0.679. The van der Waals surface area contributed by atoms with Crippen LogP contribution < -0.4 is 4.74 Å². The summed E-state index contributed by atoms with van der Waals surface area (Å²) in [6, 6.07) is 14.4. The van der Waals surface area contributed by atoms with Gasteiger partial charge >= 0.3 is 0 Å². The second kappa shape index (κ2) is 8.17. The van der Waals surface area contributed by atoms with Crippen molar-refractivity contribution in [2.45, 2.75) is 13.5 Å². The van der Waals surface area contributed by atoms with Gasteiger partial charge < -0.3 is 9.64 Å². The first-order chi connectivity index (χ1) is 14.0. The number of pyridine rings is 1. The van der Waals surface area contributed by atoms with E-state index in [1.165, 1.54) is 6.07 Å². The Morgan fingerprint density at radius 1 is 1.10 bits per heavy atom. The molecule has 29 heavy (non-hydrogen) atoms. The van der Waals surface area contributed by atoms with Crippen LogP contribution in [0.5, 0.6) is 5.75 Å². The minimum atomic E-state index is -0.180. The van der Waals surface area contributed by atoms with Gasteiger partial charge in [0.05, 0.1) is 23.9 Å². The van der Waals surface area contributed by atoms with Crippen LogP contribution in [0, 0.1) is 12.7 Å². The highest BCUT2D eigenvalue weighted by Gasteiger charge is 2.24. The standard InChI is InChI=1S/C23H24FN3O2/c1-16-20(13-17-7-8-19(29-2)14-22(17)25-16)23(28)27-11-9-26(10-12-27)15-18-5-3-4-6-21(18)24/h3-8,13-14H,9-12,15H2,1-2H3. The van der Waals surface area contributed by atoms with Crippen molar-refractivity contribution in [1.29, 1.82) is 0 Å². The van der Waals surface area contributed by atoms with Crippen molar-refractivity contribution in [1.82, 2.24) is 14.8 Å². The Kier molecular flexibility index (Phi) is 5.45. The van der Waals surface area contributed by atoms with E-state index in [9.17, 15) is 9.18 Å². The van der Waals surface area contributed by atoms with E-state index in [-0.39, 0.29) is 11.7 Å². The number of benzene rings is 2. The molecule has 1 fully saturated rings. The zero-order valence-electron chi connectivity index (χ0n) is 16.7. The first kappa shape index (κ1) is 19.3. The zero-order chi connectivity index (χ0) is 20.4. The fourth-order valence-electron chi connectivity index (χ4n) is 3.73. The molecule has 0 spiro atoms. The third kappa shape index (κ3) is 4.07. The van der Waals surface area contributed by atoms with Gasteiger partial charge in [-0.05, 0) is 31.2 Å². The molecule has 0 bridgehead atoms. The lowest BCUT2D eigenvalue weighted by atomic mass is 10.1. The Hall–Kier alpha value is -2.99. The van der Waals surface area contributed by atoms with Gasteiger partial charge in [0.1, 0.15) is 11.6 Å². The number of nitrogens with zero attached hydrogens (tertiary/aromatic N) is 3. The third-order valence-electron chi connectivity index (χ3n) is 5.46. The third-order valence-corrected chi connectivity index (χ3v) is 5.46. The van der Waals surface area contributed by atoms with Gasteiger partial charge in [-0.2, -0.15) is 0 Å². The van der Waals surface area contributed by atoms with Gasteiger partial charge in [-0.3, -0.25) is 14.7 Å². The molecule has 0 radical (unpaired) electrons. The summed E-state index contributed by atoms with van der Waals surface area (Å²) < 4.78 is 19.1. The van der Waals surface area contributed by atoms with E-state index in [1.807, 2.05) is 48.2 Å². The Labute approximate surface area is 169 Å². The number of amides is 1. The molecule has 1 aromatic heterocycles. The van der Waals surface area contributed by atoms with Crippen LogP contribution in [0.3, 0.4) is 0 Å². The Morgan fingerprint density at radius 2 is 1.86 bits per heavy atom. The molecular weight excluding hydrogens is 369 g/mol. The van der Waals surface area contributed by atoms with Crippen molar-refractivity contribution in [3.8, 4) is 5.75 Å². The van der Waals surface area contributed by atoms with Crippen LogP contribution in [0.4, 0.5) is 4.39 Å². The van der Waals surface area contributed by atoms with Gasteiger partial charge in [0.2, 0.25) is 0 Å². The number of hydrogen-bond acceptors (Lipinski definition) is 4. The molecule has 0 N–H and O–H groups in total. The summed E-state index contributed by atoms with van der Waals surface area (Å²) in [4.78, 5) is 21.7. The maximum absolute atomic E-state index is 13.9. The van der Waals surface area contributed by atoms with E-state index in [2.05, 4.69) is 9.88 Å². The second-order valence-corrected chi connectivity index (χ2v) is 7.34. The fraction of sp³-hybridized carbons (Fsp3) is 0.304. The normalized spacial score (nSPS) is 14.9. The highest BCUT2D eigenvalue weighted by atomic mass is 19.1. The highest BCUT2D eigenvalue weighted by Crippen LogP contribution is 2.23. The number of carbonyl (C=O) groups is 1. The smallest absolute Gasteiger partial charge is 0.255 e. The molecule has 6 heteroatoms. The molecule has 1 aliphatic heterocycles. The second-order valence-electron chi connectivity index (χ2n) is 7.34. The van der Waals surface area contributed by atoms with Gasteiger partial charge in [0.25, 0.3) is 5.91 Å². The van der Waals surface area contributed by atoms with Crippen LogP contribution in [0.1, 0.15) is 21.6 Å². The van der Waals surface area contributed by atoms with E-state index in [4.69, 9.17) is 4.74 Å². The number of carbonyl (C=O) groups excluding carboxylic acids is 1. The molecule has 1 aliphatic rings. The minimum absolute atomic E-state index is 0.00161. The van der Waals surface area contributed by atoms with Crippen molar-refractivity contribution in [3.05, 3.63) is 71.2 Å². The van der Waals surface area contributed by atoms with Crippen LogP contribution in [0.2, 0.25) is 0 Å². The first-order valence-corrected chi connectivity index (χ1v) is 9.75. The lowest BCUT2D eigenvalue weighted by Crippen LogP contribution is -2.48. The number of piperazine rings is 1. The summed E-state index contributed by atoms with van der Waals surface area (Å²) in [5.41, 5.74) is 2.85. The predicted molar refractivity (Wildman–Crippen MR) is 111 cm³/mol. The molecule has 0 unspecified atom stereocenters. The van der Waals surface area contributed by atoms with Crippen molar-refractivity contribution >= 4 is 16.8 Å². The minimum Gasteiger partial charge on any atom is -0.497 e. The molecule has 3 aromatic rings. The number of halogens is 1. The van der Waals surface area contributed by atoms with E-state index >= 15 is 0 Å². The van der Waals surface area contributed by atoms with E-state index < -0.39 is 0 Å². The number of aromatic nitrogens is 1. The van der Waals surface area contributed by atoms with E-state index in [0.29, 0.717) is 36.5 Å². The predicted octanol–water partition coefficient (Wildman–Crippen LogP) is 3.65. The summed E-state index contributed by atoms with van der Waals surface area (Å²) >= 11 is 0. The van der Waals surface area contributed by atoms with Gasteiger partial charge in [-0.25, -0.2) is 4.39 Å². The van der Waals surface area contributed by atoms with Gasteiger partial charge in [0, 0.05) is 49.7 Å². The average Bonchev–Trinajstić information content (AvgIpc) is 2.74. The van der Waals surface area contributed by atoms with Crippen LogP contribution >= 0.6 is 0 Å². The van der Waals surface area contributed by atoms with Gasteiger partial charge in [0.15, 0.2) is 0 Å². The number of ether oxygens (including phenoxy) is 1. The van der Waals surface area contributed by atoms with Crippen LogP contribution in [0.25, 0.3) is 10.9 Å². The summed E-state index contributed by atoms with van der Waals surface area (Å²) in [6.07, 6.45) is 0. The number of fused-ring (bicyclic) bond motifs is 1. The zero-order valence-corrected chi connectivity index (χ0v) is 16.7. The molecule has 2 heterocycles. The number of rotatable bonds is 4. The lowest BCUT2D eigenvalue weighted by Gasteiger charge is -2.35. The molecule has 2 aromatic carbocycles. The summed E-state index contributed by atoms with van der Waals surface area (Å²) in [5.74, 6) is 0.563. The van der Waals surface area contributed by atoms with E-state index in [0.717, 1.165) is 29.7 Å². The van der Waals surface area contributed by atoms with Gasteiger partial charge in [-0.15, -0.1) is 0 Å². The maximum Gasteiger partial charge on any atom is 0.255 e.